The molecule has 1 rings (SSSR count). The lowest BCUT2D eigenvalue weighted by molar-refractivity contribution is -0.142. The summed E-state index contributed by atoms with van der Waals surface area (Å²) in [5.41, 5.74) is 0.210. The summed E-state index contributed by atoms with van der Waals surface area (Å²) in [4.78, 5) is 11.1. The van der Waals surface area contributed by atoms with Gasteiger partial charge in [-0.3, -0.25) is 4.79 Å². The monoisotopic (exact) mass is 270 g/mol. The molecule has 0 radical (unpaired) electrons. The molecule has 0 spiro atoms. The molecule has 0 aliphatic carbocycles. The minimum atomic E-state index is -0.755. The van der Waals surface area contributed by atoms with Crippen molar-refractivity contribution in [3.05, 3.63) is 35.4 Å². The summed E-state index contributed by atoms with van der Waals surface area (Å²) >= 11 is 0. The smallest absolute Gasteiger partial charge is 0.306 e. The van der Waals surface area contributed by atoms with Gasteiger partial charge in [0.15, 0.2) is 17.4 Å². The highest BCUT2D eigenvalue weighted by Gasteiger charge is 2.12. The molecule has 1 aromatic rings. The zero-order valence-electron chi connectivity index (χ0n) is 10.9. The fourth-order valence-corrected chi connectivity index (χ4v) is 1.51. The average molecular weight is 270 g/mol. The van der Waals surface area contributed by atoms with E-state index in [4.69, 9.17) is 4.74 Å². The van der Waals surface area contributed by atoms with Crippen LogP contribution in [0.3, 0.4) is 0 Å². The van der Waals surface area contributed by atoms with Crippen molar-refractivity contribution in [3.63, 3.8) is 0 Å². The third-order valence-corrected chi connectivity index (χ3v) is 2.40. The molecule has 3 nitrogen and oxygen atoms in total. The molecule has 0 aromatic heterocycles. The van der Waals surface area contributed by atoms with E-state index in [1.807, 2.05) is 0 Å². The largest absolute Gasteiger partial charge is 0.491 e. The number of hydrogen-bond donors (Lipinski definition) is 0. The molecular formula is C14H16F2O3. The van der Waals surface area contributed by atoms with E-state index in [2.05, 4.69) is 4.74 Å². The number of methoxy groups -OCH3 is 1. The second-order valence-corrected chi connectivity index (χ2v) is 3.73. The molecule has 0 saturated heterocycles. The first-order valence-corrected chi connectivity index (χ1v) is 5.94. The molecule has 0 fully saturated rings. The summed E-state index contributed by atoms with van der Waals surface area (Å²) in [5.74, 6) is -2.21. The Labute approximate surface area is 110 Å². The minimum Gasteiger partial charge on any atom is -0.491 e. The van der Waals surface area contributed by atoms with Gasteiger partial charge in [0, 0.05) is 12.0 Å². The summed E-state index contributed by atoms with van der Waals surface area (Å²) in [6.45, 7) is 2.07. The van der Waals surface area contributed by atoms with E-state index in [0.29, 0.717) is 13.0 Å². The van der Waals surface area contributed by atoms with Gasteiger partial charge in [-0.15, -0.1) is 0 Å². The number of benzene rings is 1. The maximum Gasteiger partial charge on any atom is 0.306 e. The number of allylic oxidation sites excluding steroid dienone is 1. The maximum absolute atomic E-state index is 13.7. The van der Waals surface area contributed by atoms with Crippen LogP contribution in [-0.4, -0.2) is 19.7 Å². The highest BCUT2D eigenvalue weighted by Crippen LogP contribution is 2.25. The van der Waals surface area contributed by atoms with E-state index in [9.17, 15) is 13.6 Å². The van der Waals surface area contributed by atoms with Gasteiger partial charge >= 0.3 is 5.97 Å². The normalized spacial score (nSPS) is 10.7. The van der Waals surface area contributed by atoms with Crippen molar-refractivity contribution < 1.29 is 23.0 Å². The lowest BCUT2D eigenvalue weighted by Gasteiger charge is -2.05. The van der Waals surface area contributed by atoms with Crippen LogP contribution in [0.2, 0.25) is 0 Å². The van der Waals surface area contributed by atoms with Gasteiger partial charge in [-0.05, 0) is 25.5 Å². The van der Waals surface area contributed by atoms with Gasteiger partial charge in [0.1, 0.15) is 0 Å². The Balaban J connectivity index is 2.65. The molecule has 19 heavy (non-hydrogen) atoms. The fraction of sp³-hybridized carbons (Fsp3) is 0.357. The van der Waals surface area contributed by atoms with Crippen LogP contribution >= 0.6 is 0 Å². The van der Waals surface area contributed by atoms with Crippen LogP contribution in [0.4, 0.5) is 8.78 Å². The summed E-state index contributed by atoms with van der Waals surface area (Å²) in [7, 11) is 1.20. The zero-order chi connectivity index (χ0) is 14.3. The lowest BCUT2D eigenvalue weighted by atomic mass is 10.1. The topological polar surface area (TPSA) is 35.5 Å². The molecule has 0 heterocycles. The second-order valence-electron chi connectivity index (χ2n) is 3.73. The Morgan fingerprint density at radius 3 is 2.74 bits per heavy atom. The predicted octanol–water partition coefficient (Wildman–Crippen LogP) is 3.33. The quantitative estimate of drug-likeness (QED) is 0.744. The van der Waals surface area contributed by atoms with E-state index < -0.39 is 17.4 Å². The van der Waals surface area contributed by atoms with Crippen LogP contribution < -0.4 is 4.74 Å². The number of rotatable bonds is 6. The molecule has 104 valence electrons. The van der Waals surface area contributed by atoms with Crippen LogP contribution in [0, 0.1) is 11.6 Å². The summed E-state index contributed by atoms with van der Waals surface area (Å²) in [6, 6.07) is 2.45. The van der Waals surface area contributed by atoms with Gasteiger partial charge in [0.05, 0.1) is 13.7 Å². The molecule has 1 aromatic carbocycles. The van der Waals surface area contributed by atoms with Crippen LogP contribution in [0.25, 0.3) is 6.08 Å². The highest BCUT2D eigenvalue weighted by atomic mass is 19.1. The lowest BCUT2D eigenvalue weighted by Crippen LogP contribution is -2.02. The second kappa shape index (κ2) is 7.51. The number of carbonyl (C=O) groups is 1. The van der Waals surface area contributed by atoms with E-state index in [1.165, 1.54) is 19.3 Å². The van der Waals surface area contributed by atoms with Gasteiger partial charge in [-0.1, -0.05) is 12.2 Å². The van der Waals surface area contributed by atoms with Gasteiger partial charge in [0.2, 0.25) is 0 Å². The molecule has 5 heteroatoms. The number of hydrogen-bond acceptors (Lipinski definition) is 3. The number of carbonyl (C=O) groups excluding carboxylic acids is 1. The van der Waals surface area contributed by atoms with E-state index in [-0.39, 0.29) is 18.0 Å². The van der Waals surface area contributed by atoms with Crippen molar-refractivity contribution in [1.29, 1.82) is 0 Å². The summed E-state index contributed by atoms with van der Waals surface area (Å²) < 4.78 is 36.3. The Morgan fingerprint density at radius 2 is 2.11 bits per heavy atom. The third kappa shape index (κ3) is 4.35. The molecule has 0 bridgehead atoms. The fourth-order valence-electron chi connectivity index (χ4n) is 1.51. The molecule has 0 amide bonds. The van der Waals surface area contributed by atoms with Gasteiger partial charge in [0.25, 0.3) is 0 Å². The van der Waals surface area contributed by atoms with E-state index in [1.54, 1.807) is 13.0 Å². The van der Waals surface area contributed by atoms with E-state index >= 15 is 0 Å². The molecule has 0 aliphatic heterocycles. The molecule has 0 saturated carbocycles. The molecule has 0 atom stereocenters. The Morgan fingerprint density at radius 1 is 1.37 bits per heavy atom. The van der Waals surface area contributed by atoms with Gasteiger partial charge in [-0.25, -0.2) is 8.78 Å². The maximum atomic E-state index is 13.7. The predicted molar refractivity (Wildman–Crippen MR) is 67.8 cm³/mol. The van der Waals surface area contributed by atoms with Crippen molar-refractivity contribution in [2.45, 2.75) is 19.8 Å². The number of ether oxygens (including phenoxy) is 2. The summed E-state index contributed by atoms with van der Waals surface area (Å²) in [6.07, 6.45) is 3.77. The van der Waals surface area contributed by atoms with Gasteiger partial charge < -0.3 is 9.47 Å². The third-order valence-electron chi connectivity index (χ3n) is 2.40. The van der Waals surface area contributed by atoms with Crippen molar-refractivity contribution in [1.82, 2.24) is 0 Å². The number of esters is 1. The van der Waals surface area contributed by atoms with Crippen molar-refractivity contribution in [3.8, 4) is 5.75 Å². The van der Waals surface area contributed by atoms with Crippen LogP contribution in [0.15, 0.2) is 18.2 Å². The van der Waals surface area contributed by atoms with Crippen molar-refractivity contribution in [2.24, 2.45) is 0 Å². The van der Waals surface area contributed by atoms with Crippen molar-refractivity contribution >= 4 is 12.0 Å². The van der Waals surface area contributed by atoms with Crippen LogP contribution in [0.1, 0.15) is 25.3 Å². The highest BCUT2D eigenvalue weighted by molar-refractivity contribution is 5.69. The van der Waals surface area contributed by atoms with Crippen LogP contribution in [-0.2, 0) is 9.53 Å². The molecule has 0 N–H and O–H groups in total. The van der Waals surface area contributed by atoms with E-state index in [0.717, 1.165) is 6.07 Å². The first-order valence-electron chi connectivity index (χ1n) is 5.94. The van der Waals surface area contributed by atoms with Gasteiger partial charge in [-0.2, -0.15) is 0 Å². The van der Waals surface area contributed by atoms with Crippen molar-refractivity contribution in [2.75, 3.05) is 13.7 Å². The Kier molecular flexibility index (Phi) is 5.99. The Hall–Kier alpha value is -1.91. The summed E-state index contributed by atoms with van der Waals surface area (Å²) in [5, 5.41) is 0. The Bertz CT molecular complexity index is 470. The standard InChI is InChI=1S/C14H16F2O3/c1-3-19-12(17)7-5-4-6-10-8-9-11(15)14(18-2)13(10)16/h4,6,8-9H,3,5,7H2,1-2H3/b6-4-. The SMILES string of the molecule is CCOC(=O)CC/C=C\c1ccc(F)c(OC)c1F. The first kappa shape index (κ1) is 15.1. The average Bonchev–Trinajstić information content (AvgIpc) is 2.38. The number of halogens is 2. The zero-order valence-corrected chi connectivity index (χ0v) is 10.9. The molecule has 0 aliphatic rings. The molecule has 0 unspecified atom stereocenters. The first-order chi connectivity index (χ1) is 9.10. The van der Waals surface area contributed by atoms with Crippen LogP contribution in [0.5, 0.6) is 5.75 Å². The minimum absolute atomic E-state index is 0.210. The molecular weight excluding hydrogens is 254 g/mol.